The van der Waals surface area contributed by atoms with Crippen LogP contribution >= 0.6 is 23.2 Å². The van der Waals surface area contributed by atoms with E-state index in [1.165, 1.54) is 6.07 Å². The fraction of sp³-hybridized carbons (Fsp3) is 0.294. The van der Waals surface area contributed by atoms with Gasteiger partial charge in [0, 0.05) is 11.6 Å². The van der Waals surface area contributed by atoms with Crippen molar-refractivity contribution in [3.8, 4) is 11.1 Å². The predicted octanol–water partition coefficient (Wildman–Crippen LogP) is 5.86. The molecule has 0 aliphatic rings. The van der Waals surface area contributed by atoms with Gasteiger partial charge in [0.1, 0.15) is 5.82 Å². The lowest BCUT2D eigenvalue weighted by atomic mass is 9.99. The lowest BCUT2D eigenvalue weighted by Gasteiger charge is -2.15. The van der Waals surface area contributed by atoms with E-state index < -0.39 is 0 Å². The van der Waals surface area contributed by atoms with E-state index >= 15 is 0 Å². The number of nitrogens with one attached hydrogen (secondary N) is 1. The van der Waals surface area contributed by atoms with Gasteiger partial charge in [-0.25, -0.2) is 4.39 Å². The maximum Gasteiger partial charge on any atom is 0.131 e. The van der Waals surface area contributed by atoms with E-state index in [1.54, 1.807) is 18.2 Å². The second-order valence-electron chi connectivity index (χ2n) is 5.04. The van der Waals surface area contributed by atoms with Gasteiger partial charge in [0.15, 0.2) is 0 Å². The minimum atomic E-state index is -0.264. The molecular formula is C17H18Cl2FN. The van der Waals surface area contributed by atoms with Gasteiger partial charge in [0.05, 0.1) is 10.0 Å². The van der Waals surface area contributed by atoms with Gasteiger partial charge in [-0.1, -0.05) is 42.3 Å². The summed E-state index contributed by atoms with van der Waals surface area (Å²) in [6, 6.07) is 10.5. The summed E-state index contributed by atoms with van der Waals surface area (Å²) >= 11 is 11.9. The standard InChI is InChI=1S/C17H18Cl2FN/c1-3-8-21-11(2)12-5-7-17(20)14(9-12)13-4-6-15(18)16(19)10-13/h4-7,9-11,21H,3,8H2,1-2H3. The van der Waals surface area contributed by atoms with Crippen LogP contribution < -0.4 is 5.32 Å². The Bertz CT molecular complexity index is 628. The third kappa shape index (κ3) is 3.97. The molecule has 0 spiro atoms. The van der Waals surface area contributed by atoms with Crippen molar-refractivity contribution in [2.24, 2.45) is 0 Å². The molecule has 0 radical (unpaired) electrons. The number of rotatable bonds is 5. The highest BCUT2D eigenvalue weighted by Gasteiger charge is 2.11. The topological polar surface area (TPSA) is 12.0 Å². The Morgan fingerprint density at radius 2 is 1.86 bits per heavy atom. The SMILES string of the molecule is CCCNC(C)c1ccc(F)c(-c2ccc(Cl)c(Cl)c2)c1. The summed E-state index contributed by atoms with van der Waals surface area (Å²) in [5, 5.41) is 4.29. The van der Waals surface area contributed by atoms with Crippen molar-refractivity contribution in [2.75, 3.05) is 6.54 Å². The Labute approximate surface area is 135 Å². The summed E-state index contributed by atoms with van der Waals surface area (Å²) in [5.74, 6) is -0.264. The first-order valence-corrected chi connectivity index (χ1v) is 7.76. The molecule has 2 aromatic carbocycles. The molecule has 0 heterocycles. The lowest BCUT2D eigenvalue weighted by molar-refractivity contribution is 0.568. The first kappa shape index (κ1) is 16.3. The van der Waals surface area contributed by atoms with E-state index in [4.69, 9.17) is 23.2 Å². The average molecular weight is 326 g/mol. The van der Waals surface area contributed by atoms with Gasteiger partial charge in [0.25, 0.3) is 0 Å². The van der Waals surface area contributed by atoms with Gasteiger partial charge in [-0.05, 0) is 55.3 Å². The normalized spacial score (nSPS) is 12.4. The van der Waals surface area contributed by atoms with E-state index in [2.05, 4.69) is 19.2 Å². The van der Waals surface area contributed by atoms with Crippen LogP contribution in [0.2, 0.25) is 10.0 Å². The van der Waals surface area contributed by atoms with Crippen LogP contribution in [0.15, 0.2) is 36.4 Å². The monoisotopic (exact) mass is 325 g/mol. The summed E-state index contributed by atoms with van der Waals surface area (Å²) < 4.78 is 14.1. The van der Waals surface area contributed by atoms with E-state index in [0.29, 0.717) is 15.6 Å². The third-order valence-electron chi connectivity index (χ3n) is 3.42. The van der Waals surface area contributed by atoms with Crippen LogP contribution in [-0.2, 0) is 0 Å². The molecule has 0 amide bonds. The summed E-state index contributed by atoms with van der Waals surface area (Å²) in [5.41, 5.74) is 2.31. The summed E-state index contributed by atoms with van der Waals surface area (Å²) in [6.07, 6.45) is 1.06. The molecule has 0 bridgehead atoms. The molecule has 0 aliphatic heterocycles. The molecule has 0 aromatic heterocycles. The minimum absolute atomic E-state index is 0.173. The molecule has 2 aromatic rings. The van der Waals surface area contributed by atoms with Gasteiger partial charge >= 0.3 is 0 Å². The zero-order valence-electron chi connectivity index (χ0n) is 12.1. The van der Waals surface area contributed by atoms with Crippen molar-refractivity contribution in [3.63, 3.8) is 0 Å². The van der Waals surface area contributed by atoms with Crippen LogP contribution in [0.1, 0.15) is 31.9 Å². The molecule has 21 heavy (non-hydrogen) atoms. The number of benzene rings is 2. The summed E-state index contributed by atoms with van der Waals surface area (Å²) in [6.45, 7) is 5.12. The van der Waals surface area contributed by atoms with E-state index in [1.807, 2.05) is 12.1 Å². The van der Waals surface area contributed by atoms with E-state index in [0.717, 1.165) is 24.1 Å². The van der Waals surface area contributed by atoms with Gasteiger partial charge < -0.3 is 5.32 Å². The lowest BCUT2D eigenvalue weighted by Crippen LogP contribution is -2.19. The van der Waals surface area contributed by atoms with Crippen molar-refractivity contribution in [2.45, 2.75) is 26.3 Å². The second-order valence-corrected chi connectivity index (χ2v) is 5.86. The molecule has 1 atom stereocenters. The highest BCUT2D eigenvalue weighted by atomic mass is 35.5. The van der Waals surface area contributed by atoms with Crippen molar-refractivity contribution in [3.05, 3.63) is 57.8 Å². The van der Waals surface area contributed by atoms with Crippen LogP contribution in [-0.4, -0.2) is 6.54 Å². The molecule has 0 saturated carbocycles. The number of hydrogen-bond acceptors (Lipinski definition) is 1. The van der Waals surface area contributed by atoms with Crippen LogP contribution in [0, 0.1) is 5.82 Å². The van der Waals surface area contributed by atoms with Gasteiger partial charge in [-0.3, -0.25) is 0 Å². The largest absolute Gasteiger partial charge is 0.310 e. The third-order valence-corrected chi connectivity index (χ3v) is 4.16. The maximum absolute atomic E-state index is 14.1. The maximum atomic E-state index is 14.1. The quantitative estimate of drug-likeness (QED) is 0.725. The Kier molecular flexibility index (Phi) is 5.63. The summed E-state index contributed by atoms with van der Waals surface area (Å²) in [7, 11) is 0. The number of hydrogen-bond donors (Lipinski definition) is 1. The van der Waals surface area contributed by atoms with Crippen molar-refractivity contribution in [1.29, 1.82) is 0 Å². The Morgan fingerprint density at radius 3 is 2.52 bits per heavy atom. The molecule has 1 nitrogen and oxygen atoms in total. The molecule has 4 heteroatoms. The second kappa shape index (κ2) is 7.26. The fourth-order valence-corrected chi connectivity index (χ4v) is 2.47. The summed E-state index contributed by atoms with van der Waals surface area (Å²) in [4.78, 5) is 0. The zero-order chi connectivity index (χ0) is 15.4. The Hall–Kier alpha value is -1.09. The first-order chi connectivity index (χ1) is 10.0. The molecule has 2 rings (SSSR count). The zero-order valence-corrected chi connectivity index (χ0v) is 13.6. The van der Waals surface area contributed by atoms with Gasteiger partial charge in [0.2, 0.25) is 0 Å². The van der Waals surface area contributed by atoms with Crippen LogP contribution in [0.4, 0.5) is 4.39 Å². The Balaban J connectivity index is 2.36. The smallest absolute Gasteiger partial charge is 0.131 e. The van der Waals surface area contributed by atoms with E-state index in [9.17, 15) is 4.39 Å². The highest BCUT2D eigenvalue weighted by Crippen LogP contribution is 2.31. The minimum Gasteiger partial charge on any atom is -0.310 e. The van der Waals surface area contributed by atoms with Crippen LogP contribution in [0.25, 0.3) is 11.1 Å². The van der Waals surface area contributed by atoms with E-state index in [-0.39, 0.29) is 11.9 Å². The van der Waals surface area contributed by atoms with Gasteiger partial charge in [-0.2, -0.15) is 0 Å². The predicted molar refractivity (Wildman–Crippen MR) is 88.6 cm³/mol. The van der Waals surface area contributed by atoms with Gasteiger partial charge in [-0.15, -0.1) is 0 Å². The molecular weight excluding hydrogens is 308 g/mol. The molecule has 1 N–H and O–H groups in total. The fourth-order valence-electron chi connectivity index (χ4n) is 2.18. The first-order valence-electron chi connectivity index (χ1n) is 7.01. The molecule has 112 valence electrons. The van der Waals surface area contributed by atoms with Crippen molar-refractivity contribution in [1.82, 2.24) is 5.32 Å². The van der Waals surface area contributed by atoms with Crippen LogP contribution in [0.5, 0.6) is 0 Å². The van der Waals surface area contributed by atoms with Crippen molar-refractivity contribution >= 4 is 23.2 Å². The molecule has 0 fully saturated rings. The molecule has 0 aliphatic carbocycles. The van der Waals surface area contributed by atoms with Crippen LogP contribution in [0.3, 0.4) is 0 Å². The molecule has 0 saturated heterocycles. The molecule has 1 unspecified atom stereocenters. The number of halogens is 3. The van der Waals surface area contributed by atoms with Crippen molar-refractivity contribution < 1.29 is 4.39 Å². The Morgan fingerprint density at radius 1 is 1.10 bits per heavy atom. The highest BCUT2D eigenvalue weighted by molar-refractivity contribution is 6.42. The average Bonchev–Trinajstić information content (AvgIpc) is 2.48.